The number of alkyl halides is 16. The van der Waals surface area contributed by atoms with Crippen LogP contribution in [0.4, 0.5) is 70.2 Å². The second-order valence-electron chi connectivity index (χ2n) is 4.21. The van der Waals surface area contributed by atoms with Gasteiger partial charge in [-0.1, -0.05) is 0 Å². The molecule has 0 spiro atoms. The zero-order valence-electron chi connectivity index (χ0n) is 10.9. The molecule has 156 valence electrons. The van der Waals surface area contributed by atoms with Gasteiger partial charge in [0, 0.05) is 0 Å². The lowest BCUT2D eigenvalue weighted by Crippen LogP contribution is -2.70. The van der Waals surface area contributed by atoms with Crippen LogP contribution >= 0.6 is 0 Å². The highest BCUT2D eigenvalue weighted by Crippen LogP contribution is 2.56. The van der Waals surface area contributed by atoms with Crippen LogP contribution in [0.1, 0.15) is 0 Å². The van der Waals surface area contributed by atoms with Gasteiger partial charge in [-0.15, -0.1) is 0 Å². The first kappa shape index (κ1) is 24.3. The number of rotatable bonds is 3. The third kappa shape index (κ3) is 3.45. The van der Waals surface area contributed by atoms with E-state index < -0.39 is 48.1 Å². The van der Waals surface area contributed by atoms with E-state index >= 15 is 0 Å². The summed E-state index contributed by atoms with van der Waals surface area (Å²) in [5.41, 5.74) is -7.80. The monoisotopic (exact) mass is 432 g/mol. The maximum atomic E-state index is 12.7. The van der Waals surface area contributed by atoms with E-state index in [9.17, 15) is 75.0 Å². The number of carbonyl (C=O) groups is 1. The Morgan fingerprint density at radius 3 is 0.962 bits per heavy atom. The van der Waals surface area contributed by atoms with Gasteiger partial charge in [0.25, 0.3) is 0 Å². The second-order valence-corrected chi connectivity index (χ2v) is 4.21. The number of esters is 1. The molecule has 0 unspecified atom stereocenters. The molecule has 26 heavy (non-hydrogen) atoms. The van der Waals surface area contributed by atoms with Gasteiger partial charge in [0.15, 0.2) is 0 Å². The fraction of sp³-hybridized carbons (Fsp3) is 0.875. The zero-order chi connectivity index (χ0) is 21.8. The molecule has 0 atom stereocenters. The highest BCUT2D eigenvalue weighted by Gasteiger charge is 2.89. The summed E-state index contributed by atoms with van der Waals surface area (Å²) in [4.78, 5) is 10.5. The van der Waals surface area contributed by atoms with Crippen molar-refractivity contribution in [3.8, 4) is 0 Å². The molecule has 0 fully saturated rings. The zero-order valence-corrected chi connectivity index (χ0v) is 10.9. The molecule has 0 aliphatic heterocycles. The minimum Gasteiger partial charge on any atom is -0.427 e. The molecule has 0 aliphatic carbocycles. The third-order valence-electron chi connectivity index (χ3n) is 2.45. The van der Waals surface area contributed by atoms with E-state index in [0.717, 1.165) is 0 Å². The second kappa shape index (κ2) is 5.93. The fourth-order valence-corrected chi connectivity index (χ4v) is 1.17. The molecule has 2 nitrogen and oxygen atoms in total. The van der Waals surface area contributed by atoms with Crippen LogP contribution in [-0.2, 0) is 9.53 Å². The van der Waals surface area contributed by atoms with Crippen LogP contribution < -0.4 is 0 Å². The predicted molar refractivity (Wildman–Crippen MR) is 42.9 cm³/mol. The number of ether oxygens (including phenoxy) is 1. The van der Waals surface area contributed by atoms with E-state index in [4.69, 9.17) is 0 Å². The van der Waals surface area contributed by atoms with Gasteiger partial charge in [-0.3, -0.25) is 0 Å². The Morgan fingerprint density at radius 1 is 0.500 bits per heavy atom. The minimum absolute atomic E-state index is 1.53. The van der Waals surface area contributed by atoms with Crippen LogP contribution in [0.5, 0.6) is 0 Å². The predicted octanol–water partition coefficient (Wildman–Crippen LogP) is 4.79. The van der Waals surface area contributed by atoms with Gasteiger partial charge in [-0.05, 0) is 0 Å². The summed E-state index contributed by atoms with van der Waals surface area (Å²) in [5.74, 6) is -20.3. The first-order valence-corrected chi connectivity index (χ1v) is 5.14. The summed E-state index contributed by atoms with van der Waals surface area (Å²) < 4.78 is 197. The van der Waals surface area contributed by atoms with Crippen molar-refractivity contribution in [3.63, 3.8) is 0 Å². The first-order valence-electron chi connectivity index (χ1n) is 5.14. The van der Waals surface area contributed by atoms with Crippen LogP contribution in [-0.4, -0.2) is 48.1 Å². The average Bonchev–Trinajstić information content (AvgIpc) is 2.28. The molecule has 0 heterocycles. The van der Waals surface area contributed by atoms with Crippen molar-refractivity contribution in [3.05, 3.63) is 0 Å². The molecule has 0 aromatic carbocycles. The quantitative estimate of drug-likeness (QED) is 0.474. The van der Waals surface area contributed by atoms with Gasteiger partial charge in [0.2, 0.25) is 0 Å². The van der Waals surface area contributed by atoms with Crippen molar-refractivity contribution >= 4 is 5.97 Å². The lowest BCUT2D eigenvalue weighted by atomic mass is 10.0. The molecule has 0 saturated heterocycles. The highest BCUT2D eigenvalue weighted by atomic mass is 19.4. The molecule has 0 aromatic rings. The Kier molecular flexibility index (Phi) is 5.55. The molecule has 0 radical (unpaired) electrons. The Labute approximate surface area is 129 Å². The smallest absolute Gasteiger partial charge is 0.427 e. The molecule has 0 saturated carbocycles. The topological polar surface area (TPSA) is 26.3 Å². The molecular weight excluding hydrogens is 432 g/mol. The maximum absolute atomic E-state index is 12.7. The van der Waals surface area contributed by atoms with Crippen LogP contribution in [0.2, 0.25) is 0 Å². The molecule has 0 rings (SSSR count). The van der Waals surface area contributed by atoms with Gasteiger partial charge >= 0.3 is 48.1 Å². The largest absolute Gasteiger partial charge is 0.460 e. The van der Waals surface area contributed by atoms with Crippen molar-refractivity contribution in [2.45, 2.75) is 42.2 Å². The van der Waals surface area contributed by atoms with Crippen molar-refractivity contribution in [2.24, 2.45) is 0 Å². The summed E-state index contributed by atoms with van der Waals surface area (Å²) in [6.07, 6.45) is -30.9. The SMILES string of the molecule is O=C(OC(C(F)(F)F)(C(F)(F)F)C(F)(F)F)C(F)(F)C(F)(F)C(F)(F)F. The van der Waals surface area contributed by atoms with Crippen LogP contribution in [0.15, 0.2) is 0 Å². The first-order chi connectivity index (χ1) is 10.9. The lowest BCUT2D eigenvalue weighted by molar-refractivity contribution is -0.451. The Bertz CT molecular complexity index is 494. The Balaban J connectivity index is 6.49. The molecule has 0 N–H and O–H groups in total. The third-order valence-corrected chi connectivity index (χ3v) is 2.45. The summed E-state index contributed by atoms with van der Waals surface area (Å²) in [6, 6.07) is 0. The molecule has 0 aliphatic rings. The van der Waals surface area contributed by atoms with Gasteiger partial charge in [0.1, 0.15) is 0 Å². The summed E-state index contributed by atoms with van der Waals surface area (Å²) in [6.45, 7) is 0. The van der Waals surface area contributed by atoms with E-state index in [2.05, 4.69) is 0 Å². The number of hydrogen-bond acceptors (Lipinski definition) is 2. The van der Waals surface area contributed by atoms with E-state index in [1.165, 1.54) is 4.74 Å². The minimum atomic E-state index is -7.82. The van der Waals surface area contributed by atoms with Gasteiger partial charge in [-0.25, -0.2) is 4.79 Å². The Morgan fingerprint density at radius 2 is 0.769 bits per heavy atom. The summed E-state index contributed by atoms with van der Waals surface area (Å²) in [7, 11) is 0. The van der Waals surface area contributed by atoms with Crippen molar-refractivity contribution in [2.75, 3.05) is 0 Å². The summed E-state index contributed by atoms with van der Waals surface area (Å²) >= 11 is 0. The lowest BCUT2D eigenvalue weighted by Gasteiger charge is -2.38. The maximum Gasteiger partial charge on any atom is 0.460 e. The summed E-state index contributed by atoms with van der Waals surface area (Å²) in [5, 5.41) is 0. The van der Waals surface area contributed by atoms with Crippen LogP contribution in [0.3, 0.4) is 0 Å². The van der Waals surface area contributed by atoms with Crippen LogP contribution in [0.25, 0.3) is 0 Å². The van der Waals surface area contributed by atoms with Crippen molar-refractivity contribution < 1.29 is 79.8 Å². The number of carbonyl (C=O) groups excluding carboxylic acids is 1. The fourth-order valence-electron chi connectivity index (χ4n) is 1.17. The highest BCUT2D eigenvalue weighted by molar-refractivity contribution is 5.80. The van der Waals surface area contributed by atoms with Crippen molar-refractivity contribution in [1.29, 1.82) is 0 Å². The number of hydrogen-bond donors (Lipinski definition) is 0. The van der Waals surface area contributed by atoms with Gasteiger partial charge in [0.05, 0.1) is 0 Å². The molecule has 0 bridgehead atoms. The van der Waals surface area contributed by atoms with E-state index in [1.807, 2.05) is 0 Å². The van der Waals surface area contributed by atoms with E-state index in [0.29, 0.717) is 0 Å². The van der Waals surface area contributed by atoms with E-state index in [1.54, 1.807) is 0 Å². The molecule has 0 amide bonds. The normalized spacial score (nSPS) is 15.8. The standard InChI is InChI=1S/C8F16O2/c9-2(10,4(11,12)8(22,23)24)1(25)26-3(5(13,14)15,6(16,17)18)7(19,20)21. The van der Waals surface area contributed by atoms with Crippen molar-refractivity contribution in [1.82, 2.24) is 0 Å². The van der Waals surface area contributed by atoms with Gasteiger partial charge in [-0.2, -0.15) is 70.2 Å². The molecule has 0 aromatic heterocycles. The van der Waals surface area contributed by atoms with Crippen LogP contribution in [0, 0.1) is 0 Å². The average molecular weight is 432 g/mol. The van der Waals surface area contributed by atoms with E-state index in [-0.39, 0.29) is 0 Å². The molecular formula is C8F16O2. The number of halogens is 16. The van der Waals surface area contributed by atoms with Gasteiger partial charge < -0.3 is 4.74 Å². The Hall–Kier alpha value is -1.65. The molecule has 18 heteroatoms.